The number of amides is 4. The molecule has 1 aliphatic heterocycles. The molecule has 3 fully saturated rings. The number of rotatable bonds is 9. The number of carbonyl (C=O) groups excluding carboxylic acids is 4. The van der Waals surface area contributed by atoms with Gasteiger partial charge in [0, 0.05) is 11.5 Å². The summed E-state index contributed by atoms with van der Waals surface area (Å²) >= 11 is 0. The zero-order valence-electron chi connectivity index (χ0n) is 20.1. The second-order valence-electron chi connectivity index (χ2n) is 11.1. The molecule has 0 bridgehead atoms. The Morgan fingerprint density at radius 2 is 1.71 bits per heavy atom. The van der Waals surface area contributed by atoms with E-state index in [9.17, 15) is 37.6 Å². The van der Waals surface area contributed by atoms with Crippen molar-refractivity contribution in [3.8, 4) is 6.07 Å². The number of hydrogen-bond donors (Lipinski definition) is 4. The molecular formula is C23H32F3N5O4. The van der Waals surface area contributed by atoms with Crippen LogP contribution in [-0.4, -0.2) is 53.5 Å². The fourth-order valence-electron chi connectivity index (χ4n) is 4.41. The van der Waals surface area contributed by atoms with Gasteiger partial charge >= 0.3 is 12.1 Å². The standard InChI is InChI=1S/C23H32F3N5O4/c1-21(2,3)16(30-20(35)23(24,25)26)19(34)29-15(8-12-4-5-12)18(33)28-14(11-27)9-13-10-22(6-7-22)31-17(13)32/h12-16H,4-10H2,1-3H3,(H,28,33)(H,29,34)(H,30,35)(H,31,32)/t13-,14+,15+,16?/m1/s1. The van der Waals surface area contributed by atoms with Crippen LogP contribution in [0.4, 0.5) is 13.2 Å². The average Bonchev–Trinajstić information content (AvgIpc) is 3.65. The molecule has 0 radical (unpaired) electrons. The first-order valence-corrected chi connectivity index (χ1v) is 11.8. The predicted molar refractivity (Wildman–Crippen MR) is 117 cm³/mol. The van der Waals surface area contributed by atoms with E-state index >= 15 is 0 Å². The largest absolute Gasteiger partial charge is 0.471 e. The maximum atomic E-state index is 13.0. The van der Waals surface area contributed by atoms with E-state index in [4.69, 9.17) is 0 Å². The van der Waals surface area contributed by atoms with Crippen molar-refractivity contribution in [3.05, 3.63) is 0 Å². The molecule has 3 aliphatic rings. The van der Waals surface area contributed by atoms with Crippen LogP contribution >= 0.6 is 0 Å². The van der Waals surface area contributed by atoms with Gasteiger partial charge in [-0.1, -0.05) is 33.6 Å². The Bertz CT molecular complexity index is 916. The van der Waals surface area contributed by atoms with Crippen molar-refractivity contribution >= 4 is 23.6 Å². The lowest BCUT2D eigenvalue weighted by molar-refractivity contribution is -0.175. The topological polar surface area (TPSA) is 140 Å². The van der Waals surface area contributed by atoms with E-state index in [2.05, 4.69) is 16.0 Å². The van der Waals surface area contributed by atoms with E-state index in [0.717, 1.165) is 25.7 Å². The normalized spacial score (nSPS) is 23.5. The Morgan fingerprint density at radius 3 is 2.17 bits per heavy atom. The fourth-order valence-corrected chi connectivity index (χ4v) is 4.41. The first kappa shape index (κ1) is 26.8. The molecule has 1 spiro atoms. The zero-order chi connectivity index (χ0) is 26.2. The molecule has 12 heteroatoms. The minimum absolute atomic E-state index is 0.131. The van der Waals surface area contributed by atoms with Crippen molar-refractivity contribution in [2.45, 2.75) is 95.6 Å². The second-order valence-corrected chi connectivity index (χ2v) is 11.1. The zero-order valence-corrected chi connectivity index (χ0v) is 20.1. The molecule has 2 saturated carbocycles. The highest BCUT2D eigenvalue weighted by atomic mass is 19.4. The molecule has 2 aliphatic carbocycles. The smallest absolute Gasteiger partial charge is 0.350 e. The van der Waals surface area contributed by atoms with E-state index in [0.29, 0.717) is 6.42 Å². The first-order chi connectivity index (χ1) is 16.1. The highest BCUT2D eigenvalue weighted by Crippen LogP contribution is 2.46. The number of hydrogen-bond acceptors (Lipinski definition) is 5. The average molecular weight is 500 g/mol. The van der Waals surface area contributed by atoms with Gasteiger partial charge in [0.2, 0.25) is 17.7 Å². The summed E-state index contributed by atoms with van der Waals surface area (Å²) < 4.78 is 38.4. The Labute approximate surface area is 201 Å². The Hall–Kier alpha value is -2.84. The number of nitriles is 1. The lowest BCUT2D eigenvalue weighted by Gasteiger charge is -2.32. The summed E-state index contributed by atoms with van der Waals surface area (Å²) in [6, 6.07) is -1.61. The van der Waals surface area contributed by atoms with Crippen LogP contribution < -0.4 is 21.3 Å². The molecule has 0 aromatic heterocycles. The summed E-state index contributed by atoms with van der Waals surface area (Å²) in [6.45, 7) is 4.48. The molecule has 35 heavy (non-hydrogen) atoms. The lowest BCUT2D eigenvalue weighted by atomic mass is 9.85. The van der Waals surface area contributed by atoms with Crippen LogP contribution in [-0.2, 0) is 19.2 Å². The summed E-state index contributed by atoms with van der Waals surface area (Å²) in [5.41, 5.74) is -1.24. The second kappa shape index (κ2) is 9.66. The summed E-state index contributed by atoms with van der Waals surface area (Å²) in [5.74, 6) is -4.19. The number of halogens is 3. The number of carbonyl (C=O) groups is 4. The Morgan fingerprint density at radius 1 is 1.09 bits per heavy atom. The molecule has 1 unspecified atom stereocenters. The third kappa shape index (κ3) is 7.08. The Balaban J connectivity index is 1.65. The van der Waals surface area contributed by atoms with Gasteiger partial charge in [-0.3, -0.25) is 19.2 Å². The van der Waals surface area contributed by atoms with Crippen LogP contribution in [0.5, 0.6) is 0 Å². The van der Waals surface area contributed by atoms with Gasteiger partial charge in [0.1, 0.15) is 18.1 Å². The van der Waals surface area contributed by atoms with Crippen molar-refractivity contribution in [2.75, 3.05) is 0 Å². The van der Waals surface area contributed by atoms with E-state index < -0.39 is 53.4 Å². The molecule has 4 N–H and O–H groups in total. The molecule has 0 aromatic rings. The van der Waals surface area contributed by atoms with Crippen LogP contribution in [0, 0.1) is 28.6 Å². The molecule has 194 valence electrons. The number of nitrogens with one attached hydrogen (secondary N) is 4. The maximum Gasteiger partial charge on any atom is 0.471 e. The van der Waals surface area contributed by atoms with Gasteiger partial charge in [-0.15, -0.1) is 0 Å². The third-order valence-corrected chi connectivity index (χ3v) is 6.80. The van der Waals surface area contributed by atoms with Gasteiger partial charge in [0.15, 0.2) is 0 Å². The fraction of sp³-hybridized carbons (Fsp3) is 0.783. The number of nitrogens with zero attached hydrogens (tertiary/aromatic N) is 1. The third-order valence-electron chi connectivity index (χ3n) is 6.80. The molecule has 4 amide bonds. The molecule has 1 saturated heterocycles. The SMILES string of the molecule is CC(C)(C)C(NC(=O)C(F)(F)F)C(=O)N[C@@H](CC1CC1)C(=O)N[C@H](C#N)C[C@@H]1CC2(CC2)NC1=O. The van der Waals surface area contributed by atoms with Gasteiger partial charge in [0.25, 0.3) is 0 Å². The molecule has 0 aromatic carbocycles. The van der Waals surface area contributed by atoms with Crippen LogP contribution in [0.3, 0.4) is 0 Å². The molecule has 9 nitrogen and oxygen atoms in total. The van der Waals surface area contributed by atoms with Crippen molar-refractivity contribution in [3.63, 3.8) is 0 Å². The van der Waals surface area contributed by atoms with E-state index in [1.165, 1.54) is 20.8 Å². The Kier molecular flexibility index (Phi) is 7.39. The highest BCUT2D eigenvalue weighted by molar-refractivity contribution is 5.93. The number of alkyl halides is 3. The van der Waals surface area contributed by atoms with Gasteiger partial charge in [0.05, 0.1) is 6.07 Å². The van der Waals surface area contributed by atoms with Gasteiger partial charge in [-0.25, -0.2) is 0 Å². The predicted octanol–water partition coefficient (Wildman–Crippen LogP) is 1.43. The van der Waals surface area contributed by atoms with Crippen LogP contribution in [0.15, 0.2) is 0 Å². The monoisotopic (exact) mass is 499 g/mol. The van der Waals surface area contributed by atoms with Crippen molar-refractivity contribution < 1.29 is 32.3 Å². The minimum Gasteiger partial charge on any atom is -0.350 e. The summed E-state index contributed by atoms with van der Waals surface area (Å²) in [6.07, 6.45) is -0.686. The molecule has 4 atom stereocenters. The highest BCUT2D eigenvalue weighted by Gasteiger charge is 2.52. The van der Waals surface area contributed by atoms with E-state index in [-0.39, 0.29) is 30.2 Å². The molecule has 1 heterocycles. The molecular weight excluding hydrogens is 467 g/mol. The molecule has 3 rings (SSSR count). The summed E-state index contributed by atoms with van der Waals surface area (Å²) in [5, 5.41) is 19.3. The van der Waals surface area contributed by atoms with Crippen LogP contribution in [0.2, 0.25) is 0 Å². The van der Waals surface area contributed by atoms with Crippen molar-refractivity contribution in [2.24, 2.45) is 17.3 Å². The first-order valence-electron chi connectivity index (χ1n) is 11.8. The van der Waals surface area contributed by atoms with E-state index in [1.54, 1.807) is 5.32 Å². The van der Waals surface area contributed by atoms with Crippen LogP contribution in [0.25, 0.3) is 0 Å². The van der Waals surface area contributed by atoms with Gasteiger partial charge in [-0.2, -0.15) is 18.4 Å². The van der Waals surface area contributed by atoms with Gasteiger partial charge < -0.3 is 21.3 Å². The quantitative estimate of drug-likeness (QED) is 0.380. The van der Waals surface area contributed by atoms with Crippen molar-refractivity contribution in [1.29, 1.82) is 5.26 Å². The van der Waals surface area contributed by atoms with E-state index in [1.807, 2.05) is 6.07 Å². The van der Waals surface area contributed by atoms with Crippen LogP contribution in [0.1, 0.15) is 65.7 Å². The maximum absolute atomic E-state index is 13.0. The summed E-state index contributed by atoms with van der Waals surface area (Å²) in [4.78, 5) is 49.7. The minimum atomic E-state index is -5.17. The van der Waals surface area contributed by atoms with Gasteiger partial charge in [-0.05, 0) is 43.4 Å². The van der Waals surface area contributed by atoms with Crippen molar-refractivity contribution in [1.82, 2.24) is 21.3 Å². The lowest BCUT2D eigenvalue weighted by Crippen LogP contribution is -2.59. The summed E-state index contributed by atoms with van der Waals surface area (Å²) in [7, 11) is 0.